The van der Waals surface area contributed by atoms with Crippen molar-refractivity contribution < 1.29 is 0 Å². The van der Waals surface area contributed by atoms with E-state index < -0.39 is 0 Å². The molecule has 2 aromatic heterocycles. The molecule has 2 heterocycles. The van der Waals surface area contributed by atoms with E-state index in [0.717, 1.165) is 23.1 Å². The first-order chi connectivity index (χ1) is 7.22. The van der Waals surface area contributed by atoms with Crippen molar-refractivity contribution >= 4 is 33.1 Å². The molecule has 0 aliphatic heterocycles. The van der Waals surface area contributed by atoms with Gasteiger partial charge in [-0.1, -0.05) is 12.1 Å². The topological polar surface area (TPSA) is 56.7 Å². The molecule has 0 saturated carbocycles. The Morgan fingerprint density at radius 1 is 1.60 bits per heavy atom. The summed E-state index contributed by atoms with van der Waals surface area (Å²) in [5.74, 6) is 0.533. The van der Waals surface area contributed by atoms with Crippen LogP contribution in [0.1, 0.15) is 17.5 Å². The zero-order chi connectivity index (χ0) is 10.8. The zero-order valence-electron chi connectivity index (χ0n) is 8.27. The number of thiophene rings is 1. The fourth-order valence-electron chi connectivity index (χ4n) is 1.41. The number of anilines is 1. The summed E-state index contributed by atoms with van der Waals surface area (Å²) in [6, 6.07) is 2.03. The minimum absolute atomic E-state index is 0.533. The lowest BCUT2D eigenvalue weighted by Crippen LogP contribution is -2.05. The van der Waals surface area contributed by atoms with Crippen LogP contribution in [0.4, 0.5) is 5.82 Å². The number of aromatic nitrogens is 3. The average Bonchev–Trinajstić information content (AvgIpc) is 2.76. The molecule has 0 radical (unpaired) electrons. The Bertz CT molecular complexity index is 462. The molecule has 0 unspecified atom stereocenters. The summed E-state index contributed by atoms with van der Waals surface area (Å²) in [5.41, 5.74) is 6.71. The number of nitrogen functional groups attached to an aromatic ring is 1. The zero-order valence-corrected chi connectivity index (χ0v) is 10.7. The summed E-state index contributed by atoms with van der Waals surface area (Å²) in [7, 11) is 0. The van der Waals surface area contributed by atoms with Crippen molar-refractivity contribution in [3.8, 4) is 0 Å². The molecule has 0 atom stereocenters. The Labute approximate surface area is 100 Å². The maximum atomic E-state index is 5.72. The Hall–Kier alpha value is -0.880. The van der Waals surface area contributed by atoms with E-state index in [9.17, 15) is 0 Å². The molecule has 0 fully saturated rings. The van der Waals surface area contributed by atoms with E-state index in [0.29, 0.717) is 5.82 Å². The molecule has 0 spiro atoms. The number of rotatable bonds is 3. The molecule has 0 aromatic carbocycles. The molecule has 2 rings (SSSR count). The molecular weight excluding hydrogens is 276 g/mol. The fourth-order valence-corrected chi connectivity index (χ4v) is 2.87. The van der Waals surface area contributed by atoms with Gasteiger partial charge in [-0.25, -0.2) is 4.68 Å². The molecule has 4 nitrogen and oxygen atoms in total. The second kappa shape index (κ2) is 4.32. The summed E-state index contributed by atoms with van der Waals surface area (Å²) >= 11 is 5.19. The monoisotopic (exact) mass is 286 g/mol. The van der Waals surface area contributed by atoms with Crippen LogP contribution in [0.3, 0.4) is 0 Å². The first kappa shape index (κ1) is 10.6. The molecule has 2 aromatic rings. The third-order valence-electron chi connectivity index (χ3n) is 2.19. The Morgan fingerprint density at radius 2 is 2.40 bits per heavy atom. The lowest BCUT2D eigenvalue weighted by molar-refractivity contribution is 0.626. The van der Waals surface area contributed by atoms with Crippen molar-refractivity contribution in [1.82, 2.24) is 15.0 Å². The van der Waals surface area contributed by atoms with E-state index in [1.807, 2.05) is 16.1 Å². The largest absolute Gasteiger partial charge is 0.381 e. The summed E-state index contributed by atoms with van der Waals surface area (Å²) in [6.07, 6.45) is 0.849. The van der Waals surface area contributed by atoms with Gasteiger partial charge < -0.3 is 5.73 Å². The van der Waals surface area contributed by atoms with E-state index in [-0.39, 0.29) is 0 Å². The van der Waals surface area contributed by atoms with E-state index in [2.05, 4.69) is 33.2 Å². The van der Waals surface area contributed by atoms with E-state index in [4.69, 9.17) is 5.73 Å². The number of nitrogens with zero attached hydrogens (tertiary/aromatic N) is 3. The van der Waals surface area contributed by atoms with Crippen LogP contribution in [-0.4, -0.2) is 15.0 Å². The molecule has 6 heteroatoms. The van der Waals surface area contributed by atoms with Crippen LogP contribution in [0.15, 0.2) is 15.9 Å². The number of hydrogen-bond acceptors (Lipinski definition) is 4. The average molecular weight is 287 g/mol. The molecule has 0 amide bonds. The third-order valence-corrected chi connectivity index (χ3v) is 4.10. The highest BCUT2D eigenvalue weighted by Gasteiger charge is 2.10. The molecule has 0 aliphatic carbocycles. The highest BCUT2D eigenvalue weighted by Crippen LogP contribution is 2.24. The van der Waals surface area contributed by atoms with Gasteiger partial charge in [0.05, 0.1) is 12.2 Å². The second-order valence-electron chi connectivity index (χ2n) is 3.12. The fraction of sp³-hybridized carbons (Fsp3) is 0.333. The molecule has 0 saturated heterocycles. The van der Waals surface area contributed by atoms with Crippen molar-refractivity contribution in [1.29, 1.82) is 0 Å². The first-order valence-corrected chi connectivity index (χ1v) is 6.29. The van der Waals surface area contributed by atoms with Crippen LogP contribution < -0.4 is 5.73 Å². The number of nitrogens with two attached hydrogens (primary N) is 1. The number of halogens is 1. The summed E-state index contributed by atoms with van der Waals surface area (Å²) in [6.45, 7) is 2.78. The van der Waals surface area contributed by atoms with Crippen molar-refractivity contribution in [2.24, 2.45) is 0 Å². The molecule has 2 N–H and O–H groups in total. The van der Waals surface area contributed by atoms with Crippen LogP contribution in [-0.2, 0) is 13.0 Å². The van der Waals surface area contributed by atoms with Crippen LogP contribution >= 0.6 is 27.3 Å². The Balaban J connectivity index is 2.28. The predicted molar refractivity (Wildman–Crippen MR) is 64.9 cm³/mol. The first-order valence-electron chi connectivity index (χ1n) is 4.62. The van der Waals surface area contributed by atoms with E-state index in [1.165, 1.54) is 4.88 Å². The van der Waals surface area contributed by atoms with Crippen LogP contribution in [0.5, 0.6) is 0 Å². The SMILES string of the molecule is CCc1c(N)nnn1Cc1sccc1Br. The number of hydrogen-bond donors (Lipinski definition) is 1. The summed E-state index contributed by atoms with van der Waals surface area (Å²) in [4.78, 5) is 1.23. The molecule has 80 valence electrons. The van der Waals surface area contributed by atoms with Gasteiger partial charge in [-0.3, -0.25) is 0 Å². The van der Waals surface area contributed by atoms with Gasteiger partial charge in [0.15, 0.2) is 5.82 Å². The molecule has 0 aliphatic rings. The normalized spacial score (nSPS) is 10.8. The molecular formula is C9H11BrN4S. The lowest BCUT2D eigenvalue weighted by Gasteiger charge is -2.03. The summed E-state index contributed by atoms with van der Waals surface area (Å²) in [5, 5.41) is 9.95. The van der Waals surface area contributed by atoms with Gasteiger partial charge in [0.25, 0.3) is 0 Å². The smallest absolute Gasteiger partial charge is 0.169 e. The highest BCUT2D eigenvalue weighted by molar-refractivity contribution is 9.10. The Kier molecular flexibility index (Phi) is 3.06. The molecule has 15 heavy (non-hydrogen) atoms. The van der Waals surface area contributed by atoms with Crippen LogP contribution in [0, 0.1) is 0 Å². The Morgan fingerprint density at radius 3 is 3.00 bits per heavy atom. The van der Waals surface area contributed by atoms with Gasteiger partial charge in [-0.05, 0) is 33.8 Å². The standard InChI is InChI=1S/C9H11BrN4S/c1-2-7-9(11)12-13-14(7)5-8-6(10)3-4-15-8/h3-4H,2,5,11H2,1H3. The van der Waals surface area contributed by atoms with Crippen molar-refractivity contribution in [3.05, 3.63) is 26.5 Å². The van der Waals surface area contributed by atoms with Crippen molar-refractivity contribution in [2.75, 3.05) is 5.73 Å². The maximum absolute atomic E-state index is 5.72. The molecule has 0 bridgehead atoms. The van der Waals surface area contributed by atoms with Crippen molar-refractivity contribution in [3.63, 3.8) is 0 Å². The third kappa shape index (κ3) is 2.05. The predicted octanol–water partition coefficient (Wildman–Crippen LogP) is 2.29. The quantitative estimate of drug-likeness (QED) is 0.942. The van der Waals surface area contributed by atoms with Gasteiger partial charge in [0.2, 0.25) is 0 Å². The van der Waals surface area contributed by atoms with Gasteiger partial charge in [-0.2, -0.15) is 0 Å². The van der Waals surface area contributed by atoms with E-state index in [1.54, 1.807) is 11.3 Å². The van der Waals surface area contributed by atoms with Crippen LogP contribution in [0.25, 0.3) is 0 Å². The van der Waals surface area contributed by atoms with Gasteiger partial charge in [0, 0.05) is 9.35 Å². The minimum Gasteiger partial charge on any atom is -0.381 e. The van der Waals surface area contributed by atoms with Crippen molar-refractivity contribution in [2.45, 2.75) is 19.9 Å². The van der Waals surface area contributed by atoms with Gasteiger partial charge in [0.1, 0.15) is 0 Å². The minimum atomic E-state index is 0.533. The summed E-state index contributed by atoms with van der Waals surface area (Å²) < 4.78 is 2.97. The van der Waals surface area contributed by atoms with Gasteiger partial charge in [-0.15, -0.1) is 16.4 Å². The van der Waals surface area contributed by atoms with Gasteiger partial charge >= 0.3 is 0 Å². The van der Waals surface area contributed by atoms with Crippen LogP contribution in [0.2, 0.25) is 0 Å². The highest BCUT2D eigenvalue weighted by atomic mass is 79.9. The second-order valence-corrected chi connectivity index (χ2v) is 4.98. The van der Waals surface area contributed by atoms with E-state index >= 15 is 0 Å². The maximum Gasteiger partial charge on any atom is 0.169 e. The lowest BCUT2D eigenvalue weighted by atomic mass is 10.3.